The Morgan fingerprint density at radius 1 is 1.24 bits per heavy atom. The van der Waals surface area contributed by atoms with Crippen LogP contribution in [0.3, 0.4) is 0 Å². The van der Waals surface area contributed by atoms with Crippen LogP contribution in [-0.2, 0) is 0 Å². The Morgan fingerprint density at radius 3 is 2.53 bits per heavy atom. The highest BCUT2D eigenvalue weighted by Gasteiger charge is 2.18. The summed E-state index contributed by atoms with van der Waals surface area (Å²) in [7, 11) is 1.60. The van der Waals surface area contributed by atoms with E-state index < -0.39 is 6.10 Å². The molecule has 1 N–H and O–H groups in total. The first-order chi connectivity index (χ1) is 8.13. The van der Waals surface area contributed by atoms with Crippen LogP contribution in [0.5, 0.6) is 5.75 Å². The number of aliphatic hydroxyl groups excluding tert-OH is 1. The second kappa shape index (κ2) is 5.25. The van der Waals surface area contributed by atoms with E-state index in [9.17, 15) is 5.11 Å². The van der Waals surface area contributed by atoms with Gasteiger partial charge in [-0.25, -0.2) is 0 Å². The molecular formula is C12H10Br2O3. The van der Waals surface area contributed by atoms with Gasteiger partial charge in [-0.2, -0.15) is 0 Å². The Balaban J connectivity index is 2.35. The fraction of sp³-hybridized carbons (Fsp3) is 0.167. The van der Waals surface area contributed by atoms with Crippen LogP contribution in [0.2, 0.25) is 0 Å². The van der Waals surface area contributed by atoms with E-state index in [2.05, 4.69) is 31.9 Å². The molecule has 17 heavy (non-hydrogen) atoms. The summed E-state index contributed by atoms with van der Waals surface area (Å²) < 4.78 is 11.9. The van der Waals surface area contributed by atoms with Crippen molar-refractivity contribution in [3.05, 3.63) is 50.8 Å². The zero-order valence-corrected chi connectivity index (χ0v) is 12.2. The summed E-state index contributed by atoms with van der Waals surface area (Å²) in [5, 5.41) is 10.2. The molecular weight excluding hydrogens is 352 g/mol. The first-order valence-corrected chi connectivity index (χ1v) is 6.46. The van der Waals surface area contributed by atoms with E-state index in [0.29, 0.717) is 5.76 Å². The quantitative estimate of drug-likeness (QED) is 0.901. The minimum atomic E-state index is -0.804. The molecule has 1 heterocycles. The van der Waals surface area contributed by atoms with Crippen LogP contribution < -0.4 is 4.74 Å². The first kappa shape index (κ1) is 12.7. The number of methoxy groups -OCH3 is 1. The largest absolute Gasteiger partial charge is 0.496 e. The third kappa shape index (κ3) is 2.56. The number of ether oxygens (including phenoxy) is 1. The zero-order chi connectivity index (χ0) is 12.4. The molecule has 0 spiro atoms. The van der Waals surface area contributed by atoms with Gasteiger partial charge in [-0.1, -0.05) is 6.07 Å². The van der Waals surface area contributed by atoms with Crippen molar-refractivity contribution in [2.45, 2.75) is 6.10 Å². The van der Waals surface area contributed by atoms with Gasteiger partial charge in [0.1, 0.15) is 11.9 Å². The van der Waals surface area contributed by atoms with Crippen molar-refractivity contribution in [2.24, 2.45) is 0 Å². The van der Waals surface area contributed by atoms with E-state index in [1.165, 1.54) is 6.26 Å². The lowest BCUT2D eigenvalue weighted by atomic mass is 10.1. The molecule has 0 fully saturated rings. The van der Waals surface area contributed by atoms with Gasteiger partial charge in [-0.05, 0) is 55.6 Å². The molecule has 0 saturated heterocycles. The van der Waals surface area contributed by atoms with Crippen molar-refractivity contribution in [2.75, 3.05) is 7.11 Å². The van der Waals surface area contributed by atoms with Crippen molar-refractivity contribution >= 4 is 31.9 Å². The van der Waals surface area contributed by atoms with E-state index in [0.717, 1.165) is 20.3 Å². The molecule has 0 bridgehead atoms. The summed E-state index contributed by atoms with van der Waals surface area (Å²) in [6.45, 7) is 0. The third-order valence-electron chi connectivity index (χ3n) is 2.38. The van der Waals surface area contributed by atoms with Crippen molar-refractivity contribution in [3.8, 4) is 5.75 Å². The van der Waals surface area contributed by atoms with E-state index >= 15 is 0 Å². The van der Waals surface area contributed by atoms with Crippen LogP contribution in [-0.4, -0.2) is 12.2 Å². The average Bonchev–Trinajstić information content (AvgIpc) is 2.74. The van der Waals surface area contributed by atoms with E-state index in [1.807, 2.05) is 0 Å². The van der Waals surface area contributed by atoms with Crippen LogP contribution in [0, 0.1) is 0 Å². The van der Waals surface area contributed by atoms with Crippen LogP contribution in [0.15, 0.2) is 43.9 Å². The van der Waals surface area contributed by atoms with Gasteiger partial charge in [0.15, 0.2) is 5.76 Å². The van der Waals surface area contributed by atoms with E-state index in [1.54, 1.807) is 31.4 Å². The molecule has 0 amide bonds. The van der Waals surface area contributed by atoms with Gasteiger partial charge >= 0.3 is 0 Å². The highest BCUT2D eigenvalue weighted by Crippen LogP contribution is 2.33. The lowest BCUT2D eigenvalue weighted by Gasteiger charge is -2.11. The number of halogens is 2. The summed E-state index contributed by atoms with van der Waals surface area (Å²) >= 11 is 6.70. The zero-order valence-electron chi connectivity index (χ0n) is 8.98. The molecule has 0 aliphatic heterocycles. The molecule has 90 valence electrons. The van der Waals surface area contributed by atoms with Gasteiger partial charge in [-0.15, -0.1) is 0 Å². The van der Waals surface area contributed by atoms with Crippen LogP contribution >= 0.6 is 31.9 Å². The van der Waals surface area contributed by atoms with Gasteiger partial charge in [-0.3, -0.25) is 0 Å². The Labute approximate surface area is 116 Å². The van der Waals surface area contributed by atoms with Gasteiger partial charge in [0.2, 0.25) is 0 Å². The smallest absolute Gasteiger partial charge is 0.150 e. The predicted molar refractivity (Wildman–Crippen MR) is 71.2 cm³/mol. The second-order valence-electron chi connectivity index (χ2n) is 3.43. The van der Waals surface area contributed by atoms with Crippen LogP contribution in [0.4, 0.5) is 0 Å². The minimum Gasteiger partial charge on any atom is -0.496 e. The standard InChI is InChI=1S/C12H10Br2O3/c1-16-10-3-2-7(6-9(10)14)11(15)12-8(13)4-5-17-12/h2-6,11,15H,1H3. The fourth-order valence-corrected chi connectivity index (χ4v) is 2.48. The number of aliphatic hydroxyl groups is 1. The summed E-state index contributed by atoms with van der Waals surface area (Å²) in [5.41, 5.74) is 0.730. The lowest BCUT2D eigenvalue weighted by Crippen LogP contribution is -1.99. The normalized spacial score (nSPS) is 12.5. The summed E-state index contributed by atoms with van der Waals surface area (Å²) in [4.78, 5) is 0. The van der Waals surface area contributed by atoms with Gasteiger partial charge in [0.25, 0.3) is 0 Å². The molecule has 0 aliphatic rings. The topological polar surface area (TPSA) is 42.6 Å². The third-order valence-corrected chi connectivity index (χ3v) is 3.66. The van der Waals surface area contributed by atoms with Gasteiger partial charge < -0.3 is 14.3 Å². The highest BCUT2D eigenvalue weighted by molar-refractivity contribution is 9.10. The average molecular weight is 362 g/mol. The Hall–Kier alpha value is -0.780. The lowest BCUT2D eigenvalue weighted by molar-refractivity contribution is 0.188. The molecule has 0 saturated carbocycles. The maximum absolute atomic E-state index is 10.2. The van der Waals surface area contributed by atoms with Crippen LogP contribution in [0.1, 0.15) is 17.4 Å². The number of benzene rings is 1. The monoisotopic (exact) mass is 360 g/mol. The number of hydrogen-bond acceptors (Lipinski definition) is 3. The SMILES string of the molecule is COc1ccc(C(O)c2occc2Br)cc1Br. The molecule has 1 unspecified atom stereocenters. The maximum atomic E-state index is 10.2. The van der Waals surface area contributed by atoms with Crippen molar-refractivity contribution in [1.29, 1.82) is 0 Å². The Morgan fingerprint density at radius 2 is 2.00 bits per heavy atom. The minimum absolute atomic E-state index is 0.488. The Bertz CT molecular complexity index is 522. The fourth-order valence-electron chi connectivity index (χ4n) is 1.50. The molecule has 1 atom stereocenters. The van der Waals surface area contributed by atoms with Crippen molar-refractivity contribution in [3.63, 3.8) is 0 Å². The molecule has 3 nitrogen and oxygen atoms in total. The maximum Gasteiger partial charge on any atom is 0.150 e. The molecule has 1 aromatic carbocycles. The molecule has 2 aromatic rings. The van der Waals surface area contributed by atoms with Crippen LogP contribution in [0.25, 0.3) is 0 Å². The summed E-state index contributed by atoms with van der Waals surface area (Å²) in [6, 6.07) is 7.14. The van der Waals surface area contributed by atoms with Gasteiger partial charge in [0.05, 0.1) is 22.3 Å². The van der Waals surface area contributed by atoms with Crippen molar-refractivity contribution < 1.29 is 14.3 Å². The Kier molecular flexibility index (Phi) is 3.91. The molecule has 1 aromatic heterocycles. The number of hydrogen-bond donors (Lipinski definition) is 1. The number of rotatable bonds is 3. The summed E-state index contributed by atoms with van der Waals surface area (Å²) in [6.07, 6.45) is 0.725. The molecule has 5 heteroatoms. The first-order valence-electron chi connectivity index (χ1n) is 4.88. The molecule has 0 aliphatic carbocycles. The van der Waals surface area contributed by atoms with Crippen molar-refractivity contribution in [1.82, 2.24) is 0 Å². The van der Waals surface area contributed by atoms with E-state index in [-0.39, 0.29) is 0 Å². The predicted octanol–water partition coefficient (Wildman–Crippen LogP) is 3.89. The summed E-state index contributed by atoms with van der Waals surface area (Å²) in [5.74, 6) is 1.21. The second-order valence-corrected chi connectivity index (χ2v) is 5.14. The number of furan rings is 1. The molecule has 2 rings (SSSR count). The van der Waals surface area contributed by atoms with E-state index in [4.69, 9.17) is 9.15 Å². The van der Waals surface area contributed by atoms with Gasteiger partial charge in [0, 0.05) is 0 Å². The highest BCUT2D eigenvalue weighted by atomic mass is 79.9. The molecule has 0 radical (unpaired) electrons.